The number of hydrogen-bond donors (Lipinski definition) is 1. The third kappa shape index (κ3) is 3.62. The summed E-state index contributed by atoms with van der Waals surface area (Å²) >= 11 is 5.72. The minimum absolute atomic E-state index is 0.00842. The minimum atomic E-state index is -0.492. The second-order valence-corrected chi connectivity index (χ2v) is 8.61. The molecule has 2 aromatic heterocycles. The molecule has 3 heterocycles. The SMILES string of the molecule is O=C(CCl)N1CCN(C2(c3cc(C#Cc4ccc(F)cc4O)c4ccccn34)CC2)CC1. The minimum Gasteiger partial charge on any atom is -0.507 e. The molecular formula is C25H23ClFN3O2. The van der Waals surface area contributed by atoms with Crippen molar-refractivity contribution in [1.82, 2.24) is 14.2 Å². The van der Waals surface area contributed by atoms with Gasteiger partial charge in [-0.15, -0.1) is 11.6 Å². The van der Waals surface area contributed by atoms with E-state index in [0.717, 1.165) is 43.1 Å². The van der Waals surface area contributed by atoms with Crippen molar-refractivity contribution in [2.45, 2.75) is 18.4 Å². The van der Waals surface area contributed by atoms with Crippen LogP contribution in [0.25, 0.3) is 5.52 Å². The number of pyridine rings is 1. The predicted molar refractivity (Wildman–Crippen MR) is 121 cm³/mol. The molecule has 2 fully saturated rings. The summed E-state index contributed by atoms with van der Waals surface area (Å²) in [5.74, 6) is 5.53. The van der Waals surface area contributed by atoms with E-state index in [0.29, 0.717) is 18.7 Å². The molecule has 0 bridgehead atoms. The van der Waals surface area contributed by atoms with Crippen molar-refractivity contribution in [3.8, 4) is 17.6 Å². The number of piperazine rings is 1. The zero-order valence-corrected chi connectivity index (χ0v) is 18.3. The number of nitrogens with zero attached hydrogens (tertiary/aromatic N) is 3. The fraction of sp³-hybridized carbons (Fsp3) is 0.320. The number of aromatic hydroxyl groups is 1. The van der Waals surface area contributed by atoms with Gasteiger partial charge in [-0.2, -0.15) is 0 Å². The number of hydrogen-bond acceptors (Lipinski definition) is 3. The molecule has 0 radical (unpaired) electrons. The molecule has 1 aliphatic carbocycles. The number of carbonyl (C=O) groups excluding carboxylic acids is 1. The van der Waals surface area contributed by atoms with Crippen molar-refractivity contribution in [3.05, 3.63) is 71.3 Å². The van der Waals surface area contributed by atoms with Crippen LogP contribution in [0.4, 0.5) is 4.39 Å². The zero-order valence-electron chi connectivity index (χ0n) is 17.5. The van der Waals surface area contributed by atoms with Crippen molar-refractivity contribution >= 4 is 23.0 Å². The van der Waals surface area contributed by atoms with Gasteiger partial charge in [0.2, 0.25) is 5.91 Å². The van der Waals surface area contributed by atoms with Crippen molar-refractivity contribution in [2.24, 2.45) is 0 Å². The van der Waals surface area contributed by atoms with E-state index in [9.17, 15) is 14.3 Å². The van der Waals surface area contributed by atoms with Crippen LogP contribution in [0.2, 0.25) is 0 Å². The van der Waals surface area contributed by atoms with Crippen LogP contribution in [-0.4, -0.2) is 57.3 Å². The molecule has 0 unspecified atom stereocenters. The van der Waals surface area contributed by atoms with Gasteiger partial charge in [0.05, 0.1) is 22.2 Å². The maximum atomic E-state index is 13.3. The zero-order chi connectivity index (χ0) is 22.3. The van der Waals surface area contributed by atoms with E-state index >= 15 is 0 Å². The summed E-state index contributed by atoms with van der Waals surface area (Å²) in [5, 5.41) is 9.98. The van der Waals surface area contributed by atoms with Gasteiger partial charge < -0.3 is 14.4 Å². The lowest BCUT2D eigenvalue weighted by atomic mass is 10.1. The molecule has 3 aromatic rings. The summed E-state index contributed by atoms with van der Waals surface area (Å²) in [4.78, 5) is 16.2. The molecule has 164 valence electrons. The molecule has 1 saturated carbocycles. The Morgan fingerprint density at radius 3 is 2.50 bits per heavy atom. The van der Waals surface area contributed by atoms with Gasteiger partial charge in [-0.05, 0) is 43.2 Å². The third-order valence-corrected chi connectivity index (χ3v) is 6.75. The average molecular weight is 452 g/mol. The molecule has 1 N–H and O–H groups in total. The molecule has 1 aromatic carbocycles. The van der Waals surface area contributed by atoms with E-state index in [1.807, 2.05) is 23.1 Å². The number of fused-ring (bicyclic) bond motifs is 1. The Bertz CT molecular complexity index is 1250. The Morgan fingerprint density at radius 1 is 1.06 bits per heavy atom. The van der Waals surface area contributed by atoms with E-state index in [2.05, 4.69) is 33.4 Å². The van der Waals surface area contributed by atoms with E-state index in [4.69, 9.17) is 11.6 Å². The molecule has 2 aliphatic rings. The number of halogens is 2. The Hall–Kier alpha value is -3.01. The maximum absolute atomic E-state index is 13.3. The monoisotopic (exact) mass is 451 g/mol. The first-order chi connectivity index (χ1) is 15.5. The Balaban J connectivity index is 1.47. The van der Waals surface area contributed by atoms with Gasteiger partial charge in [-0.1, -0.05) is 17.9 Å². The molecule has 32 heavy (non-hydrogen) atoms. The van der Waals surface area contributed by atoms with Crippen molar-refractivity contribution in [1.29, 1.82) is 0 Å². The number of phenolic OH excluding ortho intramolecular Hbond substituents is 1. The van der Waals surface area contributed by atoms with Gasteiger partial charge in [-0.25, -0.2) is 4.39 Å². The molecule has 1 aliphatic heterocycles. The molecule has 5 nitrogen and oxygen atoms in total. The van der Waals surface area contributed by atoms with Crippen LogP contribution in [0.1, 0.15) is 29.7 Å². The van der Waals surface area contributed by atoms with Crippen LogP contribution >= 0.6 is 11.6 Å². The second kappa shape index (κ2) is 8.16. The smallest absolute Gasteiger partial charge is 0.237 e. The fourth-order valence-electron chi connectivity index (χ4n) is 4.68. The largest absolute Gasteiger partial charge is 0.507 e. The van der Waals surface area contributed by atoms with Gasteiger partial charge in [0.15, 0.2) is 0 Å². The van der Waals surface area contributed by atoms with Gasteiger partial charge in [0, 0.05) is 44.1 Å². The summed E-state index contributed by atoms with van der Waals surface area (Å²) < 4.78 is 15.5. The molecular weight excluding hydrogens is 429 g/mol. The number of rotatable bonds is 3. The number of benzene rings is 1. The van der Waals surface area contributed by atoms with Crippen LogP contribution < -0.4 is 0 Å². The first-order valence-electron chi connectivity index (χ1n) is 10.7. The molecule has 0 spiro atoms. The summed E-state index contributed by atoms with van der Waals surface area (Å²) in [6.45, 7) is 3.00. The lowest BCUT2D eigenvalue weighted by Gasteiger charge is -2.39. The topological polar surface area (TPSA) is 48.2 Å². The Morgan fingerprint density at radius 2 is 1.81 bits per heavy atom. The maximum Gasteiger partial charge on any atom is 0.237 e. The van der Waals surface area contributed by atoms with Crippen molar-refractivity contribution < 1.29 is 14.3 Å². The van der Waals surface area contributed by atoms with E-state index in [1.165, 1.54) is 17.8 Å². The normalized spacial score (nSPS) is 17.8. The van der Waals surface area contributed by atoms with Gasteiger partial charge in [0.25, 0.3) is 0 Å². The number of phenols is 1. The van der Waals surface area contributed by atoms with Crippen LogP contribution in [0.15, 0.2) is 48.7 Å². The molecule has 5 rings (SSSR count). The van der Waals surface area contributed by atoms with Crippen molar-refractivity contribution in [2.75, 3.05) is 32.1 Å². The Labute approximate surface area is 191 Å². The third-order valence-electron chi connectivity index (χ3n) is 6.52. The van der Waals surface area contributed by atoms with Gasteiger partial charge >= 0.3 is 0 Å². The predicted octanol–water partition coefficient (Wildman–Crippen LogP) is 3.56. The van der Waals surface area contributed by atoms with Crippen LogP contribution in [0.5, 0.6) is 5.75 Å². The number of carbonyl (C=O) groups is 1. The lowest BCUT2D eigenvalue weighted by Crippen LogP contribution is -2.52. The highest BCUT2D eigenvalue weighted by Gasteiger charge is 2.52. The Kier molecular flexibility index (Phi) is 5.32. The van der Waals surface area contributed by atoms with Crippen molar-refractivity contribution in [3.63, 3.8) is 0 Å². The summed E-state index contributed by atoms with van der Waals surface area (Å²) in [6.07, 6.45) is 4.17. The van der Waals surface area contributed by atoms with Crippen LogP contribution in [0.3, 0.4) is 0 Å². The van der Waals surface area contributed by atoms with E-state index < -0.39 is 5.82 Å². The van der Waals surface area contributed by atoms with E-state index in [1.54, 1.807) is 0 Å². The van der Waals surface area contributed by atoms with Crippen LogP contribution in [-0.2, 0) is 10.3 Å². The average Bonchev–Trinajstić information content (AvgIpc) is 3.54. The summed E-state index contributed by atoms with van der Waals surface area (Å²) in [7, 11) is 0. The van der Waals surface area contributed by atoms with Gasteiger partial charge in [-0.3, -0.25) is 9.69 Å². The lowest BCUT2D eigenvalue weighted by molar-refractivity contribution is -0.130. The highest BCUT2D eigenvalue weighted by Crippen LogP contribution is 2.52. The standard InChI is InChI=1S/C25H23ClFN3O2/c26-17-24(32)28-11-13-29(14-12-28)25(8-9-25)23-15-19(21-3-1-2-10-30(21)23)5-4-18-6-7-20(27)16-22(18)31/h1-3,6-7,10,15-16,31H,8-9,11-14,17H2. The fourth-order valence-corrected chi connectivity index (χ4v) is 4.85. The number of aromatic nitrogens is 1. The molecule has 7 heteroatoms. The highest BCUT2D eigenvalue weighted by atomic mass is 35.5. The molecule has 1 saturated heterocycles. The van der Waals surface area contributed by atoms with Crippen LogP contribution in [0, 0.1) is 17.7 Å². The molecule has 0 atom stereocenters. The quantitative estimate of drug-likeness (QED) is 0.489. The van der Waals surface area contributed by atoms with Gasteiger partial charge in [0.1, 0.15) is 17.4 Å². The summed E-state index contributed by atoms with van der Waals surface area (Å²) in [5.41, 5.74) is 3.39. The first kappa shape index (κ1) is 20.9. The summed E-state index contributed by atoms with van der Waals surface area (Å²) in [6, 6.07) is 12.0. The molecule has 1 amide bonds. The van der Waals surface area contributed by atoms with E-state index in [-0.39, 0.29) is 23.1 Å². The number of amides is 1. The second-order valence-electron chi connectivity index (χ2n) is 8.34. The first-order valence-corrected chi connectivity index (χ1v) is 11.3. The highest BCUT2D eigenvalue weighted by molar-refractivity contribution is 6.27. The number of alkyl halides is 1.